The monoisotopic (exact) mass is 447 g/mol. The molecular weight excluding hydrogens is 422 g/mol. The highest BCUT2D eigenvalue weighted by Crippen LogP contribution is 2.34. The third kappa shape index (κ3) is 5.28. The van der Waals surface area contributed by atoms with Crippen LogP contribution in [0.25, 0.3) is 0 Å². The molecule has 0 unspecified atom stereocenters. The van der Waals surface area contributed by atoms with Gasteiger partial charge in [-0.15, -0.1) is 10.2 Å². The Labute approximate surface area is 183 Å². The standard InChI is InChI=1S/C20H25N5O5S/c1-12(19(27)22-13-4-5-15-16(9-13)30-11-29-15)31-20-24-23-18(7-6-17(21)26)25(20)10-14-3-2-8-28-14/h4-5,9,12,14H,2-3,6-8,10-11H2,1H3,(H2,21,26)(H,22,27)/t12-,14-/m1/s1. The fraction of sp³-hybridized carbons (Fsp3) is 0.500. The van der Waals surface area contributed by atoms with Crippen LogP contribution in [0.2, 0.25) is 0 Å². The zero-order valence-electron chi connectivity index (χ0n) is 17.2. The maximum absolute atomic E-state index is 12.7. The molecule has 0 aliphatic carbocycles. The molecule has 2 aliphatic rings. The lowest BCUT2D eigenvalue weighted by Crippen LogP contribution is -2.24. The second-order valence-corrected chi connectivity index (χ2v) is 8.74. The Morgan fingerprint density at radius 2 is 2.16 bits per heavy atom. The Morgan fingerprint density at radius 1 is 1.32 bits per heavy atom. The van der Waals surface area contributed by atoms with Gasteiger partial charge < -0.3 is 29.8 Å². The topological polar surface area (TPSA) is 131 Å². The van der Waals surface area contributed by atoms with Crippen molar-refractivity contribution in [3.63, 3.8) is 0 Å². The van der Waals surface area contributed by atoms with Gasteiger partial charge >= 0.3 is 0 Å². The van der Waals surface area contributed by atoms with Gasteiger partial charge in [-0.3, -0.25) is 9.59 Å². The predicted octanol–water partition coefficient (Wildman–Crippen LogP) is 1.72. The average molecular weight is 448 g/mol. The zero-order valence-corrected chi connectivity index (χ0v) is 18.0. The van der Waals surface area contributed by atoms with Gasteiger partial charge in [0.15, 0.2) is 16.7 Å². The van der Waals surface area contributed by atoms with Crippen LogP contribution >= 0.6 is 11.8 Å². The highest BCUT2D eigenvalue weighted by Gasteiger charge is 2.24. The van der Waals surface area contributed by atoms with Gasteiger partial charge in [0.2, 0.25) is 18.6 Å². The molecule has 2 aliphatic heterocycles. The fourth-order valence-corrected chi connectivity index (χ4v) is 4.31. The third-order valence-corrected chi connectivity index (χ3v) is 6.17. The lowest BCUT2D eigenvalue weighted by atomic mass is 10.2. The van der Waals surface area contributed by atoms with Crippen LogP contribution in [-0.2, 0) is 27.3 Å². The number of carbonyl (C=O) groups is 2. The van der Waals surface area contributed by atoms with Crippen molar-refractivity contribution in [2.75, 3.05) is 18.7 Å². The molecule has 1 fully saturated rings. The van der Waals surface area contributed by atoms with Gasteiger partial charge in [0.05, 0.1) is 17.9 Å². The number of aromatic nitrogens is 3. The number of ether oxygens (including phenoxy) is 3. The van der Waals surface area contributed by atoms with Gasteiger partial charge in [0, 0.05) is 31.2 Å². The Morgan fingerprint density at radius 3 is 2.94 bits per heavy atom. The molecular formula is C20H25N5O5S. The smallest absolute Gasteiger partial charge is 0.237 e. The lowest BCUT2D eigenvalue weighted by Gasteiger charge is -2.16. The van der Waals surface area contributed by atoms with E-state index in [1.165, 1.54) is 11.8 Å². The average Bonchev–Trinajstić information content (AvgIpc) is 3.49. The van der Waals surface area contributed by atoms with Crippen molar-refractivity contribution in [1.82, 2.24) is 14.8 Å². The van der Waals surface area contributed by atoms with E-state index in [-0.39, 0.29) is 25.2 Å². The minimum Gasteiger partial charge on any atom is -0.454 e. The van der Waals surface area contributed by atoms with Crippen molar-refractivity contribution in [2.24, 2.45) is 5.73 Å². The molecule has 4 rings (SSSR count). The van der Waals surface area contributed by atoms with E-state index in [1.54, 1.807) is 25.1 Å². The van der Waals surface area contributed by atoms with Gasteiger partial charge in [0.1, 0.15) is 5.82 Å². The Bertz CT molecular complexity index is 959. The quantitative estimate of drug-likeness (QED) is 0.556. The van der Waals surface area contributed by atoms with Crippen LogP contribution in [0.3, 0.4) is 0 Å². The van der Waals surface area contributed by atoms with Crippen molar-refractivity contribution >= 4 is 29.3 Å². The lowest BCUT2D eigenvalue weighted by molar-refractivity contribution is -0.118. The van der Waals surface area contributed by atoms with Crippen molar-refractivity contribution in [1.29, 1.82) is 0 Å². The molecule has 166 valence electrons. The number of hydrogen-bond acceptors (Lipinski definition) is 8. The number of nitrogens with one attached hydrogen (secondary N) is 1. The van der Waals surface area contributed by atoms with Crippen LogP contribution in [0.15, 0.2) is 23.4 Å². The number of nitrogens with zero attached hydrogens (tertiary/aromatic N) is 3. The molecule has 1 aromatic carbocycles. The maximum atomic E-state index is 12.7. The van der Waals surface area contributed by atoms with Crippen molar-refractivity contribution in [2.45, 2.75) is 55.7 Å². The summed E-state index contributed by atoms with van der Waals surface area (Å²) in [6.07, 6.45) is 2.63. The van der Waals surface area contributed by atoms with Gasteiger partial charge in [-0.05, 0) is 31.9 Å². The molecule has 0 radical (unpaired) electrons. The first-order chi connectivity index (χ1) is 15.0. The number of benzene rings is 1. The number of amides is 2. The van der Waals surface area contributed by atoms with E-state index in [9.17, 15) is 9.59 Å². The van der Waals surface area contributed by atoms with Crippen LogP contribution in [0, 0.1) is 0 Å². The third-order valence-electron chi connectivity index (χ3n) is 5.09. The highest BCUT2D eigenvalue weighted by atomic mass is 32.2. The number of rotatable bonds is 9. The SMILES string of the molecule is C[C@@H](Sc1nnc(CCC(N)=O)n1C[C@H]1CCCO1)C(=O)Nc1ccc2c(c1)OCO2. The van der Waals surface area contributed by atoms with Crippen LogP contribution in [0.4, 0.5) is 5.69 Å². The van der Waals surface area contributed by atoms with Gasteiger partial charge in [-0.25, -0.2) is 0 Å². The minimum atomic E-state index is -0.429. The van der Waals surface area contributed by atoms with Crippen LogP contribution in [-0.4, -0.2) is 51.3 Å². The number of fused-ring (bicyclic) bond motifs is 1. The molecule has 11 heteroatoms. The van der Waals surface area contributed by atoms with Crippen molar-refractivity contribution < 1.29 is 23.8 Å². The molecule has 0 saturated carbocycles. The van der Waals surface area contributed by atoms with E-state index in [0.29, 0.717) is 41.1 Å². The fourth-order valence-electron chi connectivity index (χ4n) is 3.43. The first kappa shape index (κ1) is 21.4. The van der Waals surface area contributed by atoms with E-state index in [1.807, 2.05) is 4.57 Å². The molecule has 1 aromatic heterocycles. The van der Waals surface area contributed by atoms with E-state index in [2.05, 4.69) is 15.5 Å². The van der Waals surface area contributed by atoms with Gasteiger partial charge in [0.25, 0.3) is 0 Å². The maximum Gasteiger partial charge on any atom is 0.237 e. The number of primary amides is 1. The Kier molecular flexibility index (Phi) is 6.62. The summed E-state index contributed by atoms with van der Waals surface area (Å²) in [5, 5.41) is 11.6. The molecule has 0 spiro atoms. The first-order valence-corrected chi connectivity index (χ1v) is 11.1. The van der Waals surface area contributed by atoms with Crippen molar-refractivity contribution in [3.8, 4) is 11.5 Å². The molecule has 2 atom stereocenters. The normalized spacial score (nSPS) is 18.2. The Hall–Kier alpha value is -2.79. The van der Waals surface area contributed by atoms with Crippen LogP contribution in [0.1, 0.15) is 32.0 Å². The summed E-state index contributed by atoms with van der Waals surface area (Å²) in [6.45, 7) is 3.30. The summed E-state index contributed by atoms with van der Waals surface area (Å²) < 4.78 is 18.3. The molecule has 2 amide bonds. The minimum absolute atomic E-state index is 0.0699. The van der Waals surface area contributed by atoms with E-state index >= 15 is 0 Å². The molecule has 31 heavy (non-hydrogen) atoms. The summed E-state index contributed by atoms with van der Waals surface area (Å²) in [5.74, 6) is 1.37. The van der Waals surface area contributed by atoms with Crippen molar-refractivity contribution in [3.05, 3.63) is 24.0 Å². The number of hydrogen-bond donors (Lipinski definition) is 2. The summed E-state index contributed by atoms with van der Waals surface area (Å²) in [6, 6.07) is 5.27. The first-order valence-electron chi connectivity index (χ1n) is 10.2. The van der Waals surface area contributed by atoms with Gasteiger partial charge in [-0.2, -0.15) is 0 Å². The largest absolute Gasteiger partial charge is 0.454 e. The van der Waals surface area contributed by atoms with Gasteiger partial charge in [-0.1, -0.05) is 11.8 Å². The van der Waals surface area contributed by atoms with E-state index in [4.69, 9.17) is 19.9 Å². The predicted molar refractivity (Wildman–Crippen MR) is 113 cm³/mol. The van der Waals surface area contributed by atoms with E-state index in [0.717, 1.165) is 19.4 Å². The summed E-state index contributed by atoms with van der Waals surface area (Å²) in [5.41, 5.74) is 5.92. The molecule has 3 heterocycles. The summed E-state index contributed by atoms with van der Waals surface area (Å²) >= 11 is 1.31. The molecule has 0 bridgehead atoms. The number of nitrogens with two attached hydrogens (primary N) is 1. The second-order valence-electron chi connectivity index (χ2n) is 7.43. The van der Waals surface area contributed by atoms with Crippen LogP contribution in [0.5, 0.6) is 11.5 Å². The number of thioether (sulfide) groups is 1. The molecule has 2 aromatic rings. The number of aryl methyl sites for hydroxylation is 1. The summed E-state index contributed by atoms with van der Waals surface area (Å²) in [7, 11) is 0. The highest BCUT2D eigenvalue weighted by molar-refractivity contribution is 8.00. The Balaban J connectivity index is 1.43. The zero-order chi connectivity index (χ0) is 21.8. The molecule has 3 N–H and O–H groups in total. The van der Waals surface area contributed by atoms with E-state index < -0.39 is 11.2 Å². The molecule has 10 nitrogen and oxygen atoms in total. The number of anilines is 1. The van der Waals surface area contributed by atoms with Crippen LogP contribution < -0.4 is 20.5 Å². The second kappa shape index (κ2) is 9.56. The molecule has 1 saturated heterocycles. The number of carbonyl (C=O) groups excluding carboxylic acids is 2. The summed E-state index contributed by atoms with van der Waals surface area (Å²) in [4.78, 5) is 24.0.